The van der Waals surface area contributed by atoms with Crippen LogP contribution >= 0.6 is 0 Å². The third kappa shape index (κ3) is 2.40. The Morgan fingerprint density at radius 2 is 2.24 bits per heavy atom. The highest BCUT2D eigenvalue weighted by atomic mass is 16.4. The third-order valence-corrected chi connectivity index (χ3v) is 3.46. The molecule has 4 nitrogen and oxygen atoms in total. The Bertz CT molecular complexity index is 420. The van der Waals surface area contributed by atoms with Crippen molar-refractivity contribution in [3.05, 3.63) is 24.0 Å². The topological polar surface area (TPSA) is 53.4 Å². The molecule has 1 aliphatic rings. The molecule has 2 atom stereocenters. The fraction of sp³-hybridized carbons (Fsp3) is 0.538. The molecule has 0 aliphatic carbocycles. The first-order chi connectivity index (χ1) is 8.09. The molecule has 0 aromatic carbocycles. The molecule has 1 aliphatic heterocycles. The van der Waals surface area contributed by atoms with Crippen molar-refractivity contribution < 1.29 is 9.90 Å². The van der Waals surface area contributed by atoms with Crippen LogP contribution in [0.25, 0.3) is 0 Å². The van der Waals surface area contributed by atoms with Gasteiger partial charge in [0, 0.05) is 18.8 Å². The van der Waals surface area contributed by atoms with E-state index in [1.54, 1.807) is 12.3 Å². The van der Waals surface area contributed by atoms with Gasteiger partial charge in [0.25, 0.3) is 0 Å². The van der Waals surface area contributed by atoms with Crippen molar-refractivity contribution in [1.29, 1.82) is 0 Å². The number of anilines is 1. The molecule has 2 rings (SSSR count). The van der Waals surface area contributed by atoms with E-state index in [0.29, 0.717) is 17.5 Å². The first kappa shape index (κ1) is 11.9. The van der Waals surface area contributed by atoms with Crippen molar-refractivity contribution >= 4 is 11.7 Å². The van der Waals surface area contributed by atoms with E-state index in [1.165, 1.54) is 12.6 Å². The van der Waals surface area contributed by atoms with Gasteiger partial charge in [-0.2, -0.15) is 0 Å². The third-order valence-electron chi connectivity index (χ3n) is 3.46. The maximum atomic E-state index is 11.2. The smallest absolute Gasteiger partial charge is 0.337 e. The highest BCUT2D eigenvalue weighted by Gasteiger charge is 2.26. The normalized spacial score (nSPS) is 24.7. The van der Waals surface area contributed by atoms with Crippen LogP contribution in [-0.2, 0) is 0 Å². The molecule has 1 N–H and O–H groups in total. The van der Waals surface area contributed by atoms with Gasteiger partial charge in [0.05, 0.1) is 17.4 Å². The van der Waals surface area contributed by atoms with Crippen molar-refractivity contribution in [2.45, 2.75) is 32.7 Å². The van der Waals surface area contributed by atoms with Crippen LogP contribution < -0.4 is 4.90 Å². The summed E-state index contributed by atoms with van der Waals surface area (Å²) in [6, 6.07) is 1.96. The Labute approximate surface area is 101 Å². The number of rotatable bonds is 2. The number of aromatic carboxylic acids is 1. The predicted molar refractivity (Wildman–Crippen MR) is 66.4 cm³/mol. The van der Waals surface area contributed by atoms with Crippen LogP contribution in [-0.4, -0.2) is 28.6 Å². The average Bonchev–Trinajstić information content (AvgIpc) is 2.32. The summed E-state index contributed by atoms with van der Waals surface area (Å²) in [5.41, 5.74) is 1.10. The molecule has 1 saturated heterocycles. The quantitative estimate of drug-likeness (QED) is 0.853. The molecule has 0 bridgehead atoms. The molecular weight excluding hydrogens is 216 g/mol. The van der Waals surface area contributed by atoms with Crippen molar-refractivity contribution in [1.82, 2.24) is 4.98 Å². The summed E-state index contributed by atoms with van der Waals surface area (Å²) in [6.07, 6.45) is 5.51. The lowest BCUT2D eigenvalue weighted by Gasteiger charge is -2.38. The molecule has 1 aromatic rings. The Hall–Kier alpha value is -1.58. The molecule has 0 saturated carbocycles. The van der Waals surface area contributed by atoms with Crippen molar-refractivity contribution in [2.75, 3.05) is 11.4 Å². The van der Waals surface area contributed by atoms with Crippen LogP contribution in [0.2, 0.25) is 0 Å². The maximum absolute atomic E-state index is 11.2. The SMILES string of the molecule is CC1CCC(C)N(c2cnccc2C(=O)O)C1. The van der Waals surface area contributed by atoms with Gasteiger partial charge < -0.3 is 10.0 Å². The maximum Gasteiger partial charge on any atom is 0.337 e. The number of hydrogen-bond donors (Lipinski definition) is 1. The van der Waals surface area contributed by atoms with Gasteiger partial charge in [0.15, 0.2) is 0 Å². The summed E-state index contributed by atoms with van der Waals surface area (Å²) < 4.78 is 0. The van der Waals surface area contributed by atoms with E-state index in [4.69, 9.17) is 0 Å². The molecule has 1 aromatic heterocycles. The molecule has 0 radical (unpaired) electrons. The molecule has 1 fully saturated rings. The Morgan fingerprint density at radius 1 is 1.47 bits per heavy atom. The van der Waals surface area contributed by atoms with E-state index in [0.717, 1.165) is 18.7 Å². The Morgan fingerprint density at radius 3 is 2.94 bits per heavy atom. The molecule has 2 heterocycles. The minimum absolute atomic E-state index is 0.348. The summed E-state index contributed by atoms with van der Waals surface area (Å²) in [6.45, 7) is 5.26. The van der Waals surface area contributed by atoms with E-state index in [1.807, 2.05) is 0 Å². The van der Waals surface area contributed by atoms with Gasteiger partial charge in [0.1, 0.15) is 0 Å². The number of carboxylic acids is 1. The van der Waals surface area contributed by atoms with E-state index in [2.05, 4.69) is 23.7 Å². The summed E-state index contributed by atoms with van der Waals surface area (Å²) in [7, 11) is 0. The Kier molecular flexibility index (Phi) is 3.31. The highest BCUT2D eigenvalue weighted by Crippen LogP contribution is 2.29. The average molecular weight is 234 g/mol. The largest absolute Gasteiger partial charge is 0.478 e. The van der Waals surface area contributed by atoms with E-state index >= 15 is 0 Å². The van der Waals surface area contributed by atoms with E-state index < -0.39 is 5.97 Å². The van der Waals surface area contributed by atoms with Crippen molar-refractivity contribution in [3.8, 4) is 0 Å². The van der Waals surface area contributed by atoms with E-state index in [9.17, 15) is 9.90 Å². The van der Waals surface area contributed by atoms with Gasteiger partial charge in [-0.25, -0.2) is 4.79 Å². The molecule has 17 heavy (non-hydrogen) atoms. The molecule has 92 valence electrons. The second kappa shape index (κ2) is 4.73. The zero-order chi connectivity index (χ0) is 12.4. The monoisotopic (exact) mass is 234 g/mol. The lowest BCUT2D eigenvalue weighted by molar-refractivity contribution is 0.0697. The van der Waals surface area contributed by atoms with Crippen LogP contribution in [0.5, 0.6) is 0 Å². The lowest BCUT2D eigenvalue weighted by atomic mass is 9.94. The number of piperidine rings is 1. The second-order valence-electron chi connectivity index (χ2n) is 4.88. The fourth-order valence-electron chi connectivity index (χ4n) is 2.42. The van der Waals surface area contributed by atoms with Crippen molar-refractivity contribution in [3.63, 3.8) is 0 Å². The van der Waals surface area contributed by atoms with Crippen LogP contribution in [0.1, 0.15) is 37.0 Å². The predicted octanol–water partition coefficient (Wildman–Crippen LogP) is 2.40. The van der Waals surface area contributed by atoms with E-state index in [-0.39, 0.29) is 0 Å². The minimum atomic E-state index is -0.882. The second-order valence-corrected chi connectivity index (χ2v) is 4.88. The van der Waals surface area contributed by atoms with Gasteiger partial charge in [0.2, 0.25) is 0 Å². The number of carboxylic acid groups (broad SMARTS) is 1. The molecule has 2 unspecified atom stereocenters. The molecule has 4 heteroatoms. The minimum Gasteiger partial charge on any atom is -0.478 e. The van der Waals surface area contributed by atoms with Crippen LogP contribution in [0, 0.1) is 5.92 Å². The molecule has 0 amide bonds. The number of hydrogen-bond acceptors (Lipinski definition) is 3. The van der Waals surface area contributed by atoms with Gasteiger partial charge in [-0.05, 0) is 31.7 Å². The van der Waals surface area contributed by atoms with Gasteiger partial charge in [-0.3, -0.25) is 4.98 Å². The fourth-order valence-corrected chi connectivity index (χ4v) is 2.42. The number of carbonyl (C=O) groups is 1. The standard InChI is InChI=1S/C13H18N2O2/c1-9-3-4-10(2)15(8-9)12-7-14-6-5-11(12)13(16)17/h5-7,9-10H,3-4,8H2,1-2H3,(H,16,17). The first-order valence-electron chi connectivity index (χ1n) is 6.03. The lowest BCUT2D eigenvalue weighted by Crippen LogP contribution is -2.41. The number of nitrogens with zero attached hydrogens (tertiary/aromatic N) is 2. The van der Waals surface area contributed by atoms with Crippen LogP contribution in [0.3, 0.4) is 0 Å². The summed E-state index contributed by atoms with van der Waals surface area (Å²) in [4.78, 5) is 17.4. The number of aromatic nitrogens is 1. The Balaban J connectivity index is 2.35. The zero-order valence-corrected chi connectivity index (χ0v) is 10.3. The highest BCUT2D eigenvalue weighted by molar-refractivity contribution is 5.94. The van der Waals surface area contributed by atoms with Crippen LogP contribution in [0.4, 0.5) is 5.69 Å². The number of pyridine rings is 1. The zero-order valence-electron chi connectivity index (χ0n) is 10.3. The molecular formula is C13H18N2O2. The summed E-state index contributed by atoms with van der Waals surface area (Å²) >= 11 is 0. The first-order valence-corrected chi connectivity index (χ1v) is 6.03. The summed E-state index contributed by atoms with van der Waals surface area (Å²) in [5.74, 6) is -0.277. The molecule has 0 spiro atoms. The van der Waals surface area contributed by atoms with Crippen molar-refractivity contribution in [2.24, 2.45) is 5.92 Å². The summed E-state index contributed by atoms with van der Waals surface area (Å²) in [5, 5.41) is 9.19. The van der Waals surface area contributed by atoms with Crippen LogP contribution in [0.15, 0.2) is 18.5 Å². The van der Waals surface area contributed by atoms with Gasteiger partial charge in [-0.1, -0.05) is 6.92 Å². The van der Waals surface area contributed by atoms with Gasteiger partial charge in [-0.15, -0.1) is 0 Å². The van der Waals surface area contributed by atoms with Gasteiger partial charge >= 0.3 is 5.97 Å².